The fourth-order valence-corrected chi connectivity index (χ4v) is 5.27. The van der Waals surface area contributed by atoms with Crippen LogP contribution in [0.3, 0.4) is 0 Å². The molecule has 2 aromatic carbocycles. The summed E-state index contributed by atoms with van der Waals surface area (Å²) in [5.74, 6) is -0.523. The van der Waals surface area contributed by atoms with E-state index in [2.05, 4.69) is 19.9 Å². The van der Waals surface area contributed by atoms with Crippen LogP contribution in [0.15, 0.2) is 47.4 Å². The van der Waals surface area contributed by atoms with Gasteiger partial charge in [0.1, 0.15) is 0 Å². The van der Waals surface area contributed by atoms with Gasteiger partial charge in [-0.2, -0.15) is 10.6 Å². The molecule has 1 aliphatic rings. The van der Waals surface area contributed by atoms with Crippen molar-refractivity contribution in [3.8, 4) is 0 Å². The van der Waals surface area contributed by atoms with Crippen molar-refractivity contribution in [3.63, 3.8) is 0 Å². The number of carboxylic acids is 1. The van der Waals surface area contributed by atoms with Gasteiger partial charge in [-0.25, -0.2) is 4.79 Å². The summed E-state index contributed by atoms with van der Waals surface area (Å²) in [6, 6.07) is 12.6. The van der Waals surface area contributed by atoms with E-state index in [1.807, 2.05) is 25.1 Å². The highest BCUT2D eigenvalue weighted by molar-refractivity contribution is 8.24. The Kier molecular flexibility index (Phi) is 4.73. The third-order valence-corrected chi connectivity index (χ3v) is 6.90. The molecule has 0 saturated heterocycles. The van der Waals surface area contributed by atoms with Gasteiger partial charge in [0.15, 0.2) is 0 Å². The highest BCUT2D eigenvalue weighted by Gasteiger charge is 2.35. The summed E-state index contributed by atoms with van der Waals surface area (Å²) in [5, 5.41) is 8.99. The van der Waals surface area contributed by atoms with Gasteiger partial charge in [0, 0.05) is 5.75 Å². The molecule has 26 heavy (non-hydrogen) atoms. The lowest BCUT2D eigenvalue weighted by atomic mass is 9.80. The van der Waals surface area contributed by atoms with Crippen molar-refractivity contribution in [2.75, 3.05) is 5.75 Å². The van der Waals surface area contributed by atoms with Crippen LogP contribution in [0.25, 0.3) is 11.6 Å². The van der Waals surface area contributed by atoms with E-state index in [0.29, 0.717) is 10.6 Å². The third kappa shape index (κ3) is 3.56. The summed E-state index contributed by atoms with van der Waals surface area (Å²) in [7, 11) is -2.70. The topological polar surface area (TPSA) is 77.8 Å². The first-order valence-corrected chi connectivity index (χ1v) is 10.2. The van der Waals surface area contributed by atoms with Crippen molar-refractivity contribution in [3.05, 3.63) is 64.7 Å². The van der Waals surface area contributed by atoms with E-state index in [1.54, 1.807) is 24.3 Å². The summed E-state index contributed by atoms with van der Waals surface area (Å²) < 4.78 is 20.7. The second-order valence-electron chi connectivity index (χ2n) is 7.47. The number of hydrogen-bond acceptors (Lipinski definition) is 3. The summed E-state index contributed by atoms with van der Waals surface area (Å²) in [6.45, 7) is 6.27. The molecule has 3 N–H and O–H groups in total. The second kappa shape index (κ2) is 6.58. The van der Waals surface area contributed by atoms with Crippen LogP contribution in [0.2, 0.25) is 0 Å². The van der Waals surface area contributed by atoms with E-state index in [-0.39, 0.29) is 11.0 Å². The SMILES string of the molecule is C/C(=C\c1ccc(C(=O)O)cc1)c1ccc2c(c1)C(C)(C)CCS2(O)O. The van der Waals surface area contributed by atoms with Gasteiger partial charge < -0.3 is 5.11 Å². The van der Waals surface area contributed by atoms with Gasteiger partial charge in [0.05, 0.1) is 10.5 Å². The number of hydrogen-bond donors (Lipinski definition) is 3. The Morgan fingerprint density at radius 3 is 2.31 bits per heavy atom. The smallest absolute Gasteiger partial charge is 0.335 e. The van der Waals surface area contributed by atoms with Crippen LogP contribution in [0, 0.1) is 0 Å². The van der Waals surface area contributed by atoms with E-state index < -0.39 is 16.6 Å². The molecule has 0 aromatic heterocycles. The van der Waals surface area contributed by atoms with Gasteiger partial charge in [-0.1, -0.05) is 38.1 Å². The average Bonchev–Trinajstić information content (AvgIpc) is 2.59. The monoisotopic (exact) mass is 372 g/mol. The van der Waals surface area contributed by atoms with E-state index in [1.165, 1.54) is 0 Å². The molecule has 0 amide bonds. The van der Waals surface area contributed by atoms with Crippen molar-refractivity contribution >= 4 is 28.2 Å². The molecule has 1 aliphatic heterocycles. The Hall–Kier alpha value is -2.08. The molecular weight excluding hydrogens is 348 g/mol. The average molecular weight is 372 g/mol. The molecule has 0 fully saturated rings. The molecule has 0 atom stereocenters. The minimum atomic E-state index is -2.70. The van der Waals surface area contributed by atoms with E-state index in [0.717, 1.165) is 28.7 Å². The van der Waals surface area contributed by atoms with Gasteiger partial charge in [-0.3, -0.25) is 9.11 Å². The summed E-state index contributed by atoms with van der Waals surface area (Å²) in [5.41, 5.74) is 4.14. The lowest BCUT2D eigenvalue weighted by Gasteiger charge is -2.44. The molecular formula is C21H24O4S. The van der Waals surface area contributed by atoms with Crippen LogP contribution < -0.4 is 0 Å². The number of benzene rings is 2. The Morgan fingerprint density at radius 2 is 1.69 bits per heavy atom. The van der Waals surface area contributed by atoms with Crippen molar-refractivity contribution in [1.29, 1.82) is 0 Å². The minimum absolute atomic E-state index is 0.100. The zero-order valence-electron chi connectivity index (χ0n) is 15.2. The summed E-state index contributed by atoms with van der Waals surface area (Å²) in [6.07, 6.45) is 2.74. The number of allylic oxidation sites excluding steroid dienone is 1. The van der Waals surface area contributed by atoms with E-state index in [9.17, 15) is 13.9 Å². The van der Waals surface area contributed by atoms with Gasteiger partial charge >= 0.3 is 5.97 Å². The maximum atomic E-state index is 11.0. The number of fused-ring (bicyclic) bond motifs is 1. The van der Waals surface area contributed by atoms with Crippen LogP contribution in [0.1, 0.15) is 54.2 Å². The molecule has 0 saturated carbocycles. The summed E-state index contributed by atoms with van der Waals surface area (Å²) in [4.78, 5) is 11.6. The standard InChI is InChI=1S/C21H24O4S/c1-14(12-15-4-6-16(7-5-15)20(22)23)17-8-9-19-18(13-17)21(2,3)10-11-26(19,24)25/h4-9,12-13,24-25H,10-11H2,1-3H3,(H,22,23)/b14-12+. The Labute approximate surface area is 155 Å². The first-order chi connectivity index (χ1) is 12.1. The Balaban J connectivity index is 1.98. The van der Waals surface area contributed by atoms with Crippen LogP contribution >= 0.6 is 10.6 Å². The van der Waals surface area contributed by atoms with Crippen LogP contribution in [0.4, 0.5) is 0 Å². The molecule has 138 valence electrons. The molecule has 0 unspecified atom stereocenters. The van der Waals surface area contributed by atoms with Crippen LogP contribution in [0.5, 0.6) is 0 Å². The zero-order valence-corrected chi connectivity index (χ0v) is 16.0. The highest BCUT2D eigenvalue weighted by atomic mass is 32.3. The normalized spacial score (nSPS) is 19.5. The first kappa shape index (κ1) is 18.7. The molecule has 0 bridgehead atoms. The van der Waals surface area contributed by atoms with Crippen molar-refractivity contribution < 1.29 is 19.0 Å². The molecule has 1 heterocycles. The Morgan fingerprint density at radius 1 is 1.08 bits per heavy atom. The molecule has 5 heteroatoms. The van der Waals surface area contributed by atoms with Crippen molar-refractivity contribution in [2.24, 2.45) is 0 Å². The third-order valence-electron chi connectivity index (χ3n) is 5.07. The molecule has 3 rings (SSSR count). The number of rotatable bonds is 3. The van der Waals surface area contributed by atoms with Crippen molar-refractivity contribution in [1.82, 2.24) is 0 Å². The highest BCUT2D eigenvalue weighted by Crippen LogP contribution is 2.58. The molecule has 0 aliphatic carbocycles. The Bertz CT molecular complexity index is 879. The lowest BCUT2D eigenvalue weighted by Crippen LogP contribution is -2.28. The fourth-order valence-electron chi connectivity index (χ4n) is 3.29. The maximum absolute atomic E-state index is 11.0. The molecule has 2 aromatic rings. The van der Waals surface area contributed by atoms with Gasteiger partial charge in [-0.05, 0) is 65.3 Å². The largest absolute Gasteiger partial charge is 0.478 e. The fraction of sp³-hybridized carbons (Fsp3) is 0.286. The predicted molar refractivity (Wildman–Crippen MR) is 107 cm³/mol. The molecule has 4 nitrogen and oxygen atoms in total. The molecule has 0 spiro atoms. The summed E-state index contributed by atoms with van der Waals surface area (Å²) >= 11 is 0. The number of carboxylic acid groups (broad SMARTS) is 1. The van der Waals surface area contributed by atoms with Gasteiger partial charge in [0.2, 0.25) is 0 Å². The number of carbonyl (C=O) groups is 1. The first-order valence-electron chi connectivity index (χ1n) is 8.53. The second-order valence-corrected chi connectivity index (χ2v) is 9.65. The molecule has 0 radical (unpaired) electrons. The van der Waals surface area contributed by atoms with Gasteiger partial charge in [0.25, 0.3) is 0 Å². The van der Waals surface area contributed by atoms with Crippen molar-refractivity contribution in [2.45, 2.75) is 37.5 Å². The lowest BCUT2D eigenvalue weighted by molar-refractivity contribution is 0.0697. The minimum Gasteiger partial charge on any atom is -0.478 e. The van der Waals surface area contributed by atoms with E-state index in [4.69, 9.17) is 5.11 Å². The zero-order chi connectivity index (χ0) is 19.1. The number of aromatic carboxylic acids is 1. The van der Waals surface area contributed by atoms with E-state index >= 15 is 0 Å². The quantitative estimate of drug-likeness (QED) is 0.601. The maximum Gasteiger partial charge on any atom is 0.335 e. The van der Waals surface area contributed by atoms with Crippen LogP contribution in [-0.2, 0) is 5.41 Å². The van der Waals surface area contributed by atoms with Gasteiger partial charge in [-0.15, -0.1) is 0 Å². The predicted octanol–water partition coefficient (Wildman–Crippen LogP) is 5.74. The van der Waals surface area contributed by atoms with Crippen LogP contribution in [-0.4, -0.2) is 25.9 Å².